The maximum atomic E-state index is 12.3. The SMILES string of the molecule is O=S(=O)(OCCCN(CCCOS(=O)(=O)c1ccccc1)c1ccccc1)c1ccccc1. The largest absolute Gasteiger partial charge is 0.371 e. The quantitative estimate of drug-likeness (QED) is 0.264. The molecule has 0 spiro atoms. The van der Waals surface area contributed by atoms with Gasteiger partial charge in [0, 0.05) is 18.8 Å². The van der Waals surface area contributed by atoms with E-state index in [1.165, 1.54) is 24.3 Å². The van der Waals surface area contributed by atoms with E-state index in [9.17, 15) is 16.8 Å². The van der Waals surface area contributed by atoms with E-state index in [4.69, 9.17) is 8.37 Å². The first-order chi connectivity index (χ1) is 15.9. The molecule has 0 unspecified atom stereocenters. The Kier molecular flexibility index (Phi) is 9.02. The van der Waals surface area contributed by atoms with E-state index in [1.54, 1.807) is 36.4 Å². The maximum Gasteiger partial charge on any atom is 0.296 e. The third kappa shape index (κ3) is 7.68. The van der Waals surface area contributed by atoms with Crippen LogP contribution in [0.2, 0.25) is 0 Å². The van der Waals surface area contributed by atoms with Gasteiger partial charge in [-0.15, -0.1) is 0 Å². The number of hydrogen-bond donors (Lipinski definition) is 0. The van der Waals surface area contributed by atoms with Crippen molar-refractivity contribution in [2.45, 2.75) is 22.6 Å². The molecule has 3 rings (SSSR count). The van der Waals surface area contributed by atoms with Gasteiger partial charge in [0.1, 0.15) is 0 Å². The van der Waals surface area contributed by atoms with E-state index in [2.05, 4.69) is 4.90 Å². The lowest BCUT2D eigenvalue weighted by atomic mass is 10.2. The third-order valence-corrected chi connectivity index (χ3v) is 7.46. The topological polar surface area (TPSA) is 90.0 Å². The standard InChI is InChI=1S/C24H27NO6S2/c26-32(27,23-14-6-2-7-15-23)30-20-10-18-25(22-12-4-1-5-13-22)19-11-21-31-33(28,29)24-16-8-3-9-17-24/h1-9,12-17H,10-11,18-21H2. The molecule has 0 heterocycles. The second-order valence-corrected chi connectivity index (χ2v) is 10.4. The van der Waals surface area contributed by atoms with Crippen molar-refractivity contribution in [1.29, 1.82) is 0 Å². The van der Waals surface area contributed by atoms with Crippen LogP contribution >= 0.6 is 0 Å². The van der Waals surface area contributed by atoms with Gasteiger partial charge in [0.05, 0.1) is 23.0 Å². The van der Waals surface area contributed by atoms with Crippen molar-refractivity contribution in [3.8, 4) is 0 Å². The molecule has 0 amide bonds. The van der Waals surface area contributed by atoms with Gasteiger partial charge in [-0.3, -0.25) is 8.37 Å². The average Bonchev–Trinajstić information content (AvgIpc) is 2.84. The number of rotatable bonds is 13. The molecule has 0 radical (unpaired) electrons. The molecule has 176 valence electrons. The van der Waals surface area contributed by atoms with Crippen LogP contribution in [-0.4, -0.2) is 43.1 Å². The summed E-state index contributed by atoms with van der Waals surface area (Å²) in [4.78, 5) is 2.31. The van der Waals surface area contributed by atoms with Crippen LogP contribution in [0.3, 0.4) is 0 Å². The first-order valence-corrected chi connectivity index (χ1v) is 13.4. The van der Waals surface area contributed by atoms with Crippen molar-refractivity contribution in [2.75, 3.05) is 31.2 Å². The summed E-state index contributed by atoms with van der Waals surface area (Å²) in [6.45, 7) is 1.17. The molecule has 3 aromatic carbocycles. The summed E-state index contributed by atoms with van der Waals surface area (Å²) in [5, 5.41) is 0. The van der Waals surface area contributed by atoms with Gasteiger partial charge < -0.3 is 4.90 Å². The molecule has 0 aromatic heterocycles. The van der Waals surface area contributed by atoms with Crippen molar-refractivity contribution in [1.82, 2.24) is 0 Å². The molecule has 9 heteroatoms. The highest BCUT2D eigenvalue weighted by molar-refractivity contribution is 7.87. The summed E-state index contributed by atoms with van der Waals surface area (Å²) in [5.41, 5.74) is 0.953. The zero-order chi connectivity index (χ0) is 23.6. The zero-order valence-electron chi connectivity index (χ0n) is 18.1. The normalized spacial score (nSPS) is 11.9. The molecule has 0 aliphatic heterocycles. The summed E-state index contributed by atoms with van der Waals surface area (Å²) in [6, 6.07) is 25.7. The Morgan fingerprint density at radius 3 is 1.30 bits per heavy atom. The Balaban J connectivity index is 1.51. The molecule has 7 nitrogen and oxygen atoms in total. The fraction of sp³-hybridized carbons (Fsp3) is 0.250. The second kappa shape index (κ2) is 11.9. The summed E-state index contributed by atoms with van der Waals surface area (Å²) >= 11 is 0. The minimum atomic E-state index is -3.79. The zero-order valence-corrected chi connectivity index (χ0v) is 19.7. The molecule has 0 fully saturated rings. The van der Waals surface area contributed by atoms with Gasteiger partial charge in [-0.2, -0.15) is 16.8 Å². The summed E-state index contributed by atoms with van der Waals surface area (Å²) in [5.74, 6) is 0. The lowest BCUT2D eigenvalue weighted by Crippen LogP contribution is -2.28. The van der Waals surface area contributed by atoms with E-state index in [0.717, 1.165) is 5.69 Å². The Morgan fingerprint density at radius 1 is 0.545 bits per heavy atom. The van der Waals surface area contributed by atoms with E-state index in [-0.39, 0.29) is 23.0 Å². The van der Waals surface area contributed by atoms with Crippen molar-refractivity contribution < 1.29 is 25.2 Å². The maximum absolute atomic E-state index is 12.3. The molecular weight excluding hydrogens is 462 g/mol. The van der Waals surface area contributed by atoms with Crippen molar-refractivity contribution >= 4 is 25.9 Å². The van der Waals surface area contributed by atoms with Gasteiger partial charge in [-0.25, -0.2) is 0 Å². The highest BCUT2D eigenvalue weighted by atomic mass is 32.2. The van der Waals surface area contributed by atoms with Crippen molar-refractivity contribution in [3.63, 3.8) is 0 Å². The van der Waals surface area contributed by atoms with E-state index in [0.29, 0.717) is 25.9 Å². The highest BCUT2D eigenvalue weighted by Crippen LogP contribution is 2.17. The monoisotopic (exact) mass is 489 g/mol. The van der Waals surface area contributed by atoms with Crippen LogP contribution in [0.4, 0.5) is 5.69 Å². The molecule has 0 N–H and O–H groups in total. The summed E-state index contributed by atoms with van der Waals surface area (Å²) in [6.07, 6.45) is 0.953. The summed E-state index contributed by atoms with van der Waals surface area (Å²) < 4.78 is 59.4. The Bertz CT molecular complexity index is 1110. The predicted molar refractivity (Wildman–Crippen MR) is 127 cm³/mol. The lowest BCUT2D eigenvalue weighted by Gasteiger charge is -2.24. The second-order valence-electron chi connectivity index (χ2n) is 7.21. The van der Waals surface area contributed by atoms with Crippen molar-refractivity contribution in [3.05, 3.63) is 91.0 Å². The van der Waals surface area contributed by atoms with Gasteiger partial charge in [0.15, 0.2) is 0 Å². The van der Waals surface area contributed by atoms with E-state index >= 15 is 0 Å². The first kappa shape index (κ1) is 24.9. The Morgan fingerprint density at radius 2 is 0.909 bits per heavy atom. The molecule has 0 aliphatic rings. The lowest BCUT2D eigenvalue weighted by molar-refractivity contribution is 0.306. The van der Waals surface area contributed by atoms with E-state index in [1.807, 2.05) is 30.3 Å². The van der Waals surface area contributed by atoms with Gasteiger partial charge in [0.25, 0.3) is 20.2 Å². The van der Waals surface area contributed by atoms with Crippen LogP contribution in [0.5, 0.6) is 0 Å². The number of nitrogens with zero attached hydrogens (tertiary/aromatic N) is 1. The fourth-order valence-corrected chi connectivity index (χ4v) is 5.09. The smallest absolute Gasteiger partial charge is 0.296 e. The van der Waals surface area contributed by atoms with Crippen molar-refractivity contribution in [2.24, 2.45) is 0 Å². The van der Waals surface area contributed by atoms with Crippen LogP contribution in [0.25, 0.3) is 0 Å². The van der Waals surface area contributed by atoms with Gasteiger partial charge in [0.2, 0.25) is 0 Å². The fourth-order valence-electron chi connectivity index (χ4n) is 3.17. The Labute approximate surface area is 195 Å². The highest BCUT2D eigenvalue weighted by Gasteiger charge is 2.16. The predicted octanol–water partition coefficient (Wildman–Crippen LogP) is 4.08. The van der Waals surface area contributed by atoms with Crippen LogP contribution in [-0.2, 0) is 28.6 Å². The molecule has 0 aliphatic carbocycles. The van der Waals surface area contributed by atoms with Crippen LogP contribution in [0.15, 0.2) is 101 Å². The molecule has 0 atom stereocenters. The molecular formula is C24H27NO6S2. The number of para-hydroxylation sites is 1. The van der Waals surface area contributed by atoms with Gasteiger partial charge in [-0.05, 0) is 49.2 Å². The van der Waals surface area contributed by atoms with Gasteiger partial charge in [-0.1, -0.05) is 54.6 Å². The number of benzene rings is 3. The van der Waals surface area contributed by atoms with Gasteiger partial charge >= 0.3 is 0 Å². The average molecular weight is 490 g/mol. The molecule has 33 heavy (non-hydrogen) atoms. The molecule has 0 saturated heterocycles. The third-order valence-electron chi connectivity index (χ3n) is 4.81. The minimum absolute atomic E-state index is 0.0411. The molecule has 0 bridgehead atoms. The first-order valence-electron chi connectivity index (χ1n) is 10.6. The van der Waals surface area contributed by atoms with Crippen LogP contribution in [0.1, 0.15) is 12.8 Å². The van der Waals surface area contributed by atoms with Crippen LogP contribution < -0.4 is 4.90 Å². The molecule has 0 saturated carbocycles. The minimum Gasteiger partial charge on any atom is -0.371 e. The number of hydrogen-bond acceptors (Lipinski definition) is 7. The van der Waals surface area contributed by atoms with E-state index < -0.39 is 20.2 Å². The number of anilines is 1. The molecule has 3 aromatic rings. The summed E-state index contributed by atoms with van der Waals surface area (Å²) in [7, 11) is -7.58. The Hall–Kier alpha value is -2.72. The van der Waals surface area contributed by atoms with Crippen LogP contribution in [0, 0.1) is 0 Å².